The summed E-state index contributed by atoms with van der Waals surface area (Å²) in [7, 11) is 0. The van der Waals surface area contributed by atoms with Crippen LogP contribution in [0, 0.1) is 5.41 Å². The number of nitrogens with one attached hydrogen (secondary N) is 1. The van der Waals surface area contributed by atoms with Gasteiger partial charge in [-0.3, -0.25) is 4.79 Å². The molecule has 0 aromatic carbocycles. The van der Waals surface area contributed by atoms with Crippen LogP contribution >= 0.6 is 0 Å². The van der Waals surface area contributed by atoms with Crippen LogP contribution in [0.25, 0.3) is 0 Å². The molecule has 1 heterocycles. The highest BCUT2D eigenvalue weighted by Crippen LogP contribution is 2.42. The predicted octanol–water partition coefficient (Wildman–Crippen LogP) is 1.58. The smallest absolute Gasteiger partial charge is 0.220 e. The third-order valence-corrected chi connectivity index (χ3v) is 4.44. The number of carbonyl (C=O) groups excluding carboxylic acids is 1. The normalized spacial score (nSPS) is 29.4. The number of amides is 1. The number of hydrogen-bond acceptors (Lipinski definition) is 3. The topological polar surface area (TPSA) is 64.4 Å². The molecule has 2 aliphatic rings. The van der Waals surface area contributed by atoms with Crippen LogP contribution in [0.1, 0.15) is 52.4 Å². The molecule has 0 bridgehead atoms. The lowest BCUT2D eigenvalue weighted by Gasteiger charge is -2.41. The van der Waals surface area contributed by atoms with E-state index < -0.39 is 0 Å². The van der Waals surface area contributed by atoms with Crippen LogP contribution in [-0.4, -0.2) is 30.7 Å². The quantitative estimate of drug-likeness (QED) is 0.800. The van der Waals surface area contributed by atoms with E-state index in [-0.39, 0.29) is 23.0 Å². The Morgan fingerprint density at radius 2 is 2.17 bits per heavy atom. The van der Waals surface area contributed by atoms with Gasteiger partial charge in [0.15, 0.2) is 0 Å². The van der Waals surface area contributed by atoms with Gasteiger partial charge >= 0.3 is 0 Å². The zero-order valence-electron chi connectivity index (χ0n) is 11.6. The maximum atomic E-state index is 12.1. The van der Waals surface area contributed by atoms with Crippen molar-refractivity contribution in [1.82, 2.24) is 5.32 Å². The van der Waals surface area contributed by atoms with Gasteiger partial charge in [0.05, 0.1) is 5.60 Å². The molecule has 1 saturated carbocycles. The molecule has 4 heteroatoms. The highest BCUT2D eigenvalue weighted by Gasteiger charge is 2.38. The van der Waals surface area contributed by atoms with Crippen LogP contribution in [0.4, 0.5) is 0 Å². The summed E-state index contributed by atoms with van der Waals surface area (Å²) < 4.78 is 5.66. The molecule has 0 spiro atoms. The first-order valence-corrected chi connectivity index (χ1v) is 7.08. The molecule has 1 amide bonds. The van der Waals surface area contributed by atoms with Gasteiger partial charge in [-0.1, -0.05) is 6.42 Å². The van der Waals surface area contributed by atoms with Crippen molar-refractivity contribution in [2.75, 3.05) is 13.2 Å². The van der Waals surface area contributed by atoms with Crippen molar-refractivity contribution in [1.29, 1.82) is 0 Å². The van der Waals surface area contributed by atoms with Gasteiger partial charge in [0.2, 0.25) is 5.91 Å². The molecule has 1 unspecified atom stereocenters. The molecule has 1 aliphatic carbocycles. The van der Waals surface area contributed by atoms with Gasteiger partial charge in [-0.15, -0.1) is 0 Å². The van der Waals surface area contributed by atoms with Gasteiger partial charge in [0.25, 0.3) is 0 Å². The third-order valence-electron chi connectivity index (χ3n) is 4.44. The maximum absolute atomic E-state index is 12.1. The lowest BCUT2D eigenvalue weighted by Crippen LogP contribution is -2.48. The van der Waals surface area contributed by atoms with E-state index in [0.29, 0.717) is 13.0 Å². The zero-order valence-corrected chi connectivity index (χ0v) is 11.6. The number of hydrogen-bond donors (Lipinski definition) is 2. The molecular weight excluding hydrogens is 228 g/mol. The van der Waals surface area contributed by atoms with Crippen molar-refractivity contribution in [3.05, 3.63) is 0 Å². The van der Waals surface area contributed by atoms with E-state index in [1.807, 2.05) is 0 Å². The van der Waals surface area contributed by atoms with E-state index in [2.05, 4.69) is 19.2 Å². The van der Waals surface area contributed by atoms with Crippen molar-refractivity contribution in [3.8, 4) is 0 Å². The number of ether oxygens (including phenoxy) is 1. The van der Waals surface area contributed by atoms with Crippen LogP contribution in [0.3, 0.4) is 0 Å². The maximum Gasteiger partial charge on any atom is 0.220 e. The Kier molecular flexibility index (Phi) is 3.97. The molecule has 2 rings (SSSR count). The molecular formula is C14H26N2O2. The van der Waals surface area contributed by atoms with Gasteiger partial charge < -0.3 is 15.8 Å². The fraction of sp³-hybridized carbons (Fsp3) is 0.929. The molecule has 1 atom stereocenters. The van der Waals surface area contributed by atoms with Gasteiger partial charge in [0.1, 0.15) is 0 Å². The molecule has 3 N–H and O–H groups in total. The second kappa shape index (κ2) is 5.17. The van der Waals surface area contributed by atoms with E-state index in [1.54, 1.807) is 0 Å². The average molecular weight is 254 g/mol. The lowest BCUT2D eigenvalue weighted by atomic mass is 9.66. The summed E-state index contributed by atoms with van der Waals surface area (Å²) in [5, 5.41) is 3.16. The Balaban J connectivity index is 1.80. The Morgan fingerprint density at radius 1 is 1.44 bits per heavy atom. The SMILES string of the molecule is CC1(C)CC(NC(=O)CC2(CN)CCC2)CCO1. The molecule has 0 aromatic heterocycles. The van der Waals surface area contributed by atoms with Gasteiger partial charge in [-0.25, -0.2) is 0 Å². The Labute approximate surface area is 110 Å². The monoisotopic (exact) mass is 254 g/mol. The summed E-state index contributed by atoms with van der Waals surface area (Å²) in [4.78, 5) is 12.1. The third kappa shape index (κ3) is 3.23. The van der Waals surface area contributed by atoms with E-state index in [0.717, 1.165) is 32.3 Å². The minimum absolute atomic E-state index is 0.102. The number of rotatable bonds is 4. The fourth-order valence-corrected chi connectivity index (χ4v) is 3.10. The predicted molar refractivity (Wildman–Crippen MR) is 71.2 cm³/mol. The van der Waals surface area contributed by atoms with E-state index in [4.69, 9.17) is 10.5 Å². The van der Waals surface area contributed by atoms with E-state index in [1.165, 1.54) is 6.42 Å². The second-order valence-electron chi connectivity index (χ2n) is 6.60. The summed E-state index contributed by atoms with van der Waals surface area (Å²) in [6, 6.07) is 0.260. The summed E-state index contributed by atoms with van der Waals surface area (Å²) in [5.74, 6) is 0.169. The number of carbonyl (C=O) groups is 1. The molecule has 1 saturated heterocycles. The van der Waals surface area contributed by atoms with Crippen LogP contribution < -0.4 is 11.1 Å². The highest BCUT2D eigenvalue weighted by atomic mass is 16.5. The van der Waals surface area contributed by atoms with Crippen molar-refractivity contribution in [3.63, 3.8) is 0 Å². The average Bonchev–Trinajstić information content (AvgIpc) is 2.22. The molecule has 1 aliphatic heterocycles. The second-order valence-corrected chi connectivity index (χ2v) is 6.60. The van der Waals surface area contributed by atoms with Crippen molar-refractivity contribution < 1.29 is 9.53 Å². The van der Waals surface area contributed by atoms with Crippen LogP contribution in [0.2, 0.25) is 0 Å². The van der Waals surface area contributed by atoms with Gasteiger partial charge in [0, 0.05) is 19.1 Å². The minimum Gasteiger partial charge on any atom is -0.375 e. The molecule has 0 radical (unpaired) electrons. The minimum atomic E-state index is -0.113. The Bertz CT molecular complexity index is 305. The first-order valence-electron chi connectivity index (χ1n) is 7.08. The fourth-order valence-electron chi connectivity index (χ4n) is 3.10. The Morgan fingerprint density at radius 3 is 2.67 bits per heavy atom. The van der Waals surface area contributed by atoms with Crippen LogP contribution in [0.5, 0.6) is 0 Å². The number of nitrogens with two attached hydrogens (primary N) is 1. The van der Waals surface area contributed by atoms with Crippen molar-refractivity contribution >= 4 is 5.91 Å². The van der Waals surface area contributed by atoms with Crippen molar-refractivity contribution in [2.45, 2.75) is 64.0 Å². The summed E-state index contributed by atoms with van der Waals surface area (Å²) in [6.45, 7) is 5.54. The van der Waals surface area contributed by atoms with Gasteiger partial charge in [-0.2, -0.15) is 0 Å². The first-order chi connectivity index (χ1) is 8.45. The lowest BCUT2D eigenvalue weighted by molar-refractivity contribution is -0.127. The molecule has 0 aromatic rings. The summed E-state index contributed by atoms with van der Waals surface area (Å²) in [6.07, 6.45) is 5.85. The van der Waals surface area contributed by atoms with Crippen LogP contribution in [0.15, 0.2) is 0 Å². The highest BCUT2D eigenvalue weighted by molar-refractivity contribution is 5.77. The van der Waals surface area contributed by atoms with Crippen molar-refractivity contribution in [2.24, 2.45) is 11.1 Å². The zero-order chi connectivity index (χ0) is 13.2. The van der Waals surface area contributed by atoms with Crippen LogP contribution in [-0.2, 0) is 9.53 Å². The molecule has 2 fully saturated rings. The first kappa shape index (κ1) is 13.8. The van der Waals surface area contributed by atoms with E-state index >= 15 is 0 Å². The standard InChI is InChI=1S/C14H26N2O2/c1-13(2)8-11(4-7-18-13)16-12(17)9-14(10-15)5-3-6-14/h11H,3-10,15H2,1-2H3,(H,16,17). The largest absolute Gasteiger partial charge is 0.375 e. The summed E-state index contributed by atoms with van der Waals surface area (Å²) in [5.41, 5.74) is 5.78. The summed E-state index contributed by atoms with van der Waals surface area (Å²) >= 11 is 0. The molecule has 18 heavy (non-hydrogen) atoms. The molecule has 4 nitrogen and oxygen atoms in total. The molecule has 104 valence electrons. The van der Waals surface area contributed by atoms with E-state index in [9.17, 15) is 4.79 Å². The Hall–Kier alpha value is -0.610. The van der Waals surface area contributed by atoms with Gasteiger partial charge in [-0.05, 0) is 51.5 Å².